The van der Waals surface area contributed by atoms with E-state index in [0.29, 0.717) is 31.9 Å². The van der Waals surface area contributed by atoms with E-state index in [2.05, 4.69) is 25.8 Å². The van der Waals surface area contributed by atoms with Gasteiger partial charge in [0.25, 0.3) is 0 Å². The van der Waals surface area contributed by atoms with Gasteiger partial charge in [0.05, 0.1) is 18.1 Å². The fourth-order valence-corrected chi connectivity index (χ4v) is 2.87. The van der Waals surface area contributed by atoms with E-state index < -0.39 is 5.60 Å². The van der Waals surface area contributed by atoms with E-state index in [4.69, 9.17) is 4.74 Å². The van der Waals surface area contributed by atoms with Crippen molar-refractivity contribution in [3.63, 3.8) is 0 Å². The molecule has 0 saturated heterocycles. The lowest BCUT2D eigenvalue weighted by atomic mass is 9.78. The standard InChI is InChI=1S/C16H31NO3/c1-5-20-15(18)14-6-9-16(19,10-7-14)12-17(4)11-8-13(2)3/h13-14,19H,5-12H2,1-4H3. The molecule has 118 valence electrons. The topological polar surface area (TPSA) is 49.8 Å². The summed E-state index contributed by atoms with van der Waals surface area (Å²) in [6.45, 7) is 8.43. The van der Waals surface area contributed by atoms with Gasteiger partial charge in [-0.3, -0.25) is 4.79 Å². The first-order valence-corrected chi connectivity index (χ1v) is 7.94. The average Bonchev–Trinajstić information content (AvgIpc) is 2.37. The number of hydrogen-bond acceptors (Lipinski definition) is 4. The predicted molar refractivity (Wildman–Crippen MR) is 80.5 cm³/mol. The van der Waals surface area contributed by atoms with Crippen LogP contribution in [0, 0.1) is 11.8 Å². The molecule has 0 aromatic heterocycles. The van der Waals surface area contributed by atoms with E-state index in [9.17, 15) is 9.90 Å². The Bertz CT molecular complexity index is 296. The largest absolute Gasteiger partial charge is 0.466 e. The molecule has 4 nitrogen and oxygen atoms in total. The molecule has 0 unspecified atom stereocenters. The molecule has 1 N–H and O–H groups in total. The summed E-state index contributed by atoms with van der Waals surface area (Å²) < 4.78 is 5.06. The molecule has 0 radical (unpaired) electrons. The molecular weight excluding hydrogens is 254 g/mol. The minimum Gasteiger partial charge on any atom is -0.466 e. The first-order valence-electron chi connectivity index (χ1n) is 7.94. The van der Waals surface area contributed by atoms with Crippen molar-refractivity contribution in [2.45, 2.75) is 58.5 Å². The van der Waals surface area contributed by atoms with Crippen molar-refractivity contribution in [1.29, 1.82) is 0 Å². The Morgan fingerprint density at radius 1 is 1.40 bits per heavy atom. The smallest absolute Gasteiger partial charge is 0.308 e. The van der Waals surface area contributed by atoms with E-state index in [-0.39, 0.29) is 11.9 Å². The lowest BCUT2D eigenvalue weighted by Crippen LogP contribution is -2.45. The number of hydrogen-bond donors (Lipinski definition) is 1. The highest BCUT2D eigenvalue weighted by Crippen LogP contribution is 2.33. The number of aliphatic hydroxyl groups is 1. The Morgan fingerprint density at radius 3 is 2.50 bits per heavy atom. The fraction of sp³-hybridized carbons (Fsp3) is 0.938. The average molecular weight is 285 g/mol. The van der Waals surface area contributed by atoms with Crippen LogP contribution in [0.25, 0.3) is 0 Å². The van der Waals surface area contributed by atoms with Gasteiger partial charge in [-0.05, 0) is 58.5 Å². The highest BCUT2D eigenvalue weighted by molar-refractivity contribution is 5.72. The molecule has 1 aliphatic rings. The van der Waals surface area contributed by atoms with Gasteiger partial charge >= 0.3 is 5.97 Å². The third kappa shape index (κ3) is 5.80. The Hall–Kier alpha value is -0.610. The molecular formula is C16H31NO3. The number of esters is 1. The van der Waals surface area contributed by atoms with Crippen molar-refractivity contribution in [3.05, 3.63) is 0 Å². The highest BCUT2D eigenvalue weighted by Gasteiger charge is 2.36. The lowest BCUT2D eigenvalue weighted by Gasteiger charge is -2.38. The molecule has 0 aliphatic heterocycles. The number of ether oxygens (including phenoxy) is 1. The minimum atomic E-state index is -0.630. The second-order valence-corrected chi connectivity index (χ2v) is 6.67. The number of carbonyl (C=O) groups excluding carboxylic acids is 1. The Labute approximate surface area is 123 Å². The molecule has 20 heavy (non-hydrogen) atoms. The summed E-state index contributed by atoms with van der Waals surface area (Å²) in [5.41, 5.74) is -0.630. The van der Waals surface area contributed by atoms with Crippen LogP contribution in [0.3, 0.4) is 0 Å². The van der Waals surface area contributed by atoms with Crippen LogP contribution in [0.15, 0.2) is 0 Å². The summed E-state index contributed by atoms with van der Waals surface area (Å²) in [4.78, 5) is 13.9. The zero-order valence-corrected chi connectivity index (χ0v) is 13.5. The maximum absolute atomic E-state index is 11.7. The first kappa shape index (κ1) is 17.4. The van der Waals surface area contributed by atoms with Crippen LogP contribution < -0.4 is 0 Å². The Balaban J connectivity index is 2.36. The second kappa shape index (κ2) is 7.99. The maximum atomic E-state index is 11.7. The van der Waals surface area contributed by atoms with Gasteiger partial charge < -0.3 is 14.7 Å². The molecule has 0 atom stereocenters. The molecule has 1 saturated carbocycles. The summed E-state index contributed by atoms with van der Waals surface area (Å²) in [6, 6.07) is 0. The number of likely N-dealkylation sites (N-methyl/N-ethyl adjacent to an activating group) is 1. The van der Waals surface area contributed by atoms with Crippen molar-refractivity contribution in [2.24, 2.45) is 11.8 Å². The SMILES string of the molecule is CCOC(=O)C1CCC(O)(CN(C)CCC(C)C)CC1. The monoisotopic (exact) mass is 285 g/mol. The molecule has 0 bridgehead atoms. The Morgan fingerprint density at radius 2 is 2.00 bits per heavy atom. The summed E-state index contributed by atoms with van der Waals surface area (Å²) in [6.07, 6.45) is 4.03. The first-order chi connectivity index (χ1) is 9.36. The second-order valence-electron chi connectivity index (χ2n) is 6.67. The van der Waals surface area contributed by atoms with E-state index in [1.54, 1.807) is 0 Å². The van der Waals surface area contributed by atoms with Crippen LogP contribution in [0.1, 0.15) is 52.9 Å². The molecule has 0 heterocycles. The molecule has 0 aromatic carbocycles. The number of nitrogens with zero attached hydrogens (tertiary/aromatic N) is 1. The third-order valence-electron chi connectivity index (χ3n) is 4.19. The molecule has 4 heteroatoms. The molecule has 1 rings (SSSR count). The molecule has 0 amide bonds. The molecule has 0 aromatic rings. The highest BCUT2D eigenvalue weighted by atomic mass is 16.5. The summed E-state index contributed by atoms with van der Waals surface area (Å²) in [7, 11) is 2.07. The lowest BCUT2D eigenvalue weighted by molar-refractivity contribution is -0.151. The van der Waals surface area contributed by atoms with Gasteiger partial charge in [0.1, 0.15) is 0 Å². The Kier molecular flexibility index (Phi) is 6.96. The summed E-state index contributed by atoms with van der Waals surface area (Å²) >= 11 is 0. The van der Waals surface area contributed by atoms with Gasteiger partial charge in [0.2, 0.25) is 0 Å². The van der Waals surface area contributed by atoms with Crippen molar-refractivity contribution in [3.8, 4) is 0 Å². The van der Waals surface area contributed by atoms with E-state index >= 15 is 0 Å². The van der Waals surface area contributed by atoms with Crippen molar-refractivity contribution >= 4 is 5.97 Å². The minimum absolute atomic E-state index is 0.0174. The number of carbonyl (C=O) groups is 1. The summed E-state index contributed by atoms with van der Waals surface area (Å²) in [5, 5.41) is 10.6. The summed E-state index contributed by atoms with van der Waals surface area (Å²) in [5.74, 6) is 0.575. The molecule has 1 aliphatic carbocycles. The molecule has 0 spiro atoms. The predicted octanol–water partition coefficient (Wildman–Crippen LogP) is 2.45. The fourth-order valence-electron chi connectivity index (χ4n) is 2.87. The van der Waals surface area contributed by atoms with Crippen LogP contribution in [0.2, 0.25) is 0 Å². The molecule has 1 fully saturated rings. The zero-order chi connectivity index (χ0) is 15.2. The van der Waals surface area contributed by atoms with E-state index in [1.165, 1.54) is 0 Å². The van der Waals surface area contributed by atoms with Crippen LogP contribution in [-0.2, 0) is 9.53 Å². The van der Waals surface area contributed by atoms with Crippen LogP contribution in [0.5, 0.6) is 0 Å². The van der Waals surface area contributed by atoms with Gasteiger partial charge in [-0.1, -0.05) is 13.8 Å². The van der Waals surface area contributed by atoms with E-state index in [0.717, 1.165) is 25.8 Å². The van der Waals surface area contributed by atoms with Gasteiger partial charge in [-0.2, -0.15) is 0 Å². The quantitative estimate of drug-likeness (QED) is 0.730. The third-order valence-corrected chi connectivity index (χ3v) is 4.19. The van der Waals surface area contributed by atoms with Crippen molar-refractivity contribution < 1.29 is 14.6 Å². The van der Waals surface area contributed by atoms with Crippen molar-refractivity contribution in [1.82, 2.24) is 4.90 Å². The van der Waals surface area contributed by atoms with E-state index in [1.807, 2.05) is 6.92 Å². The van der Waals surface area contributed by atoms with Gasteiger partial charge in [0.15, 0.2) is 0 Å². The van der Waals surface area contributed by atoms with Crippen LogP contribution in [-0.4, -0.2) is 48.3 Å². The van der Waals surface area contributed by atoms with Gasteiger partial charge in [-0.15, -0.1) is 0 Å². The van der Waals surface area contributed by atoms with Crippen molar-refractivity contribution in [2.75, 3.05) is 26.7 Å². The normalized spacial score (nSPS) is 27.1. The van der Waals surface area contributed by atoms with Gasteiger partial charge in [-0.25, -0.2) is 0 Å². The zero-order valence-electron chi connectivity index (χ0n) is 13.5. The maximum Gasteiger partial charge on any atom is 0.308 e. The van der Waals surface area contributed by atoms with Crippen LogP contribution >= 0.6 is 0 Å². The van der Waals surface area contributed by atoms with Crippen LogP contribution in [0.4, 0.5) is 0 Å². The van der Waals surface area contributed by atoms with Gasteiger partial charge in [0, 0.05) is 6.54 Å². The number of rotatable bonds is 7.